The largest absolute Gasteiger partial charge is 0.478 e. The predicted molar refractivity (Wildman–Crippen MR) is 134 cm³/mol. The van der Waals surface area contributed by atoms with E-state index in [0.29, 0.717) is 16.7 Å². The lowest BCUT2D eigenvalue weighted by atomic mass is 9.99. The van der Waals surface area contributed by atoms with Crippen molar-refractivity contribution >= 4 is 23.5 Å². The van der Waals surface area contributed by atoms with Crippen molar-refractivity contribution in [3.8, 4) is 11.1 Å². The van der Waals surface area contributed by atoms with E-state index in [9.17, 15) is 27.9 Å². The van der Waals surface area contributed by atoms with E-state index in [1.807, 2.05) is 6.07 Å². The Morgan fingerprint density at radius 1 is 1.16 bits per heavy atom. The van der Waals surface area contributed by atoms with Gasteiger partial charge in [-0.2, -0.15) is 13.2 Å². The first-order chi connectivity index (χ1) is 17.5. The standard InChI is InChI=1S/C27H23F3N4O3/c1-4-33(16(2)27(28,29)30)24(31-3)22-9-6-10-23(32-22)34-15-20-12-11-18(14-21(20)25(34)35)17-7-5-8-19(13-17)26(36)37/h4-14,16H,1,15H2,2-3H3,(H,36,37). The number of carboxylic acids is 1. The van der Waals surface area contributed by atoms with Crippen LogP contribution >= 0.6 is 0 Å². The third-order valence-corrected chi connectivity index (χ3v) is 6.14. The number of amidine groups is 1. The summed E-state index contributed by atoms with van der Waals surface area (Å²) < 4.78 is 40.2. The number of alkyl halides is 3. The van der Waals surface area contributed by atoms with Gasteiger partial charge in [-0.1, -0.05) is 36.9 Å². The van der Waals surface area contributed by atoms with E-state index in [4.69, 9.17) is 0 Å². The molecule has 2 aromatic carbocycles. The molecule has 0 saturated heterocycles. The van der Waals surface area contributed by atoms with Gasteiger partial charge in [0, 0.05) is 12.6 Å². The number of anilines is 1. The number of rotatable bonds is 6. The topological polar surface area (TPSA) is 86.1 Å². The van der Waals surface area contributed by atoms with Crippen LogP contribution in [0.15, 0.2) is 78.4 Å². The molecule has 1 aliphatic heterocycles. The van der Waals surface area contributed by atoms with Crippen LogP contribution in [0.25, 0.3) is 11.1 Å². The molecule has 0 radical (unpaired) electrons. The normalized spacial score (nSPS) is 14.4. The van der Waals surface area contributed by atoms with Crippen LogP contribution in [0.5, 0.6) is 0 Å². The van der Waals surface area contributed by atoms with Crippen LogP contribution in [-0.2, 0) is 6.54 Å². The Morgan fingerprint density at radius 3 is 2.51 bits per heavy atom. The number of aliphatic imine (C=N–C) groups is 1. The number of amides is 1. The van der Waals surface area contributed by atoms with Gasteiger partial charge in [-0.25, -0.2) is 9.78 Å². The number of aromatic nitrogens is 1. The van der Waals surface area contributed by atoms with Crippen LogP contribution in [0.3, 0.4) is 0 Å². The molecule has 0 saturated carbocycles. The Balaban J connectivity index is 1.65. The van der Waals surface area contributed by atoms with Gasteiger partial charge in [0.15, 0.2) is 5.84 Å². The minimum absolute atomic E-state index is 0.0357. The van der Waals surface area contributed by atoms with Crippen molar-refractivity contribution in [1.82, 2.24) is 9.88 Å². The molecule has 1 amide bonds. The van der Waals surface area contributed by atoms with Gasteiger partial charge >= 0.3 is 12.1 Å². The average molecular weight is 509 g/mol. The maximum Gasteiger partial charge on any atom is 0.408 e. The van der Waals surface area contributed by atoms with Crippen LogP contribution < -0.4 is 4.90 Å². The SMILES string of the molecule is C=CN(C(=NC)c1cccc(N2Cc3ccc(-c4cccc(C(=O)O)c4)cc3C2=O)n1)C(C)C(F)(F)F. The Labute approximate surface area is 211 Å². The molecule has 0 fully saturated rings. The van der Waals surface area contributed by atoms with Crippen LogP contribution in [0.2, 0.25) is 0 Å². The highest BCUT2D eigenvalue weighted by Gasteiger charge is 2.41. The van der Waals surface area contributed by atoms with Gasteiger partial charge in [-0.05, 0) is 60.1 Å². The van der Waals surface area contributed by atoms with Crippen LogP contribution in [0.1, 0.15) is 38.9 Å². The number of carbonyl (C=O) groups is 2. The number of fused-ring (bicyclic) bond motifs is 1. The fourth-order valence-corrected chi connectivity index (χ4v) is 4.14. The van der Waals surface area contributed by atoms with E-state index in [1.54, 1.807) is 36.4 Å². The zero-order chi connectivity index (χ0) is 26.9. The third-order valence-electron chi connectivity index (χ3n) is 6.14. The molecule has 37 heavy (non-hydrogen) atoms. The molecular formula is C27H23F3N4O3. The van der Waals surface area contributed by atoms with Crippen LogP contribution in [0.4, 0.5) is 19.0 Å². The van der Waals surface area contributed by atoms with E-state index >= 15 is 0 Å². The molecule has 0 bridgehead atoms. The summed E-state index contributed by atoms with van der Waals surface area (Å²) in [5.74, 6) is -1.15. The van der Waals surface area contributed by atoms with Crippen molar-refractivity contribution in [2.75, 3.05) is 11.9 Å². The number of pyridine rings is 1. The molecule has 1 N–H and O–H groups in total. The van der Waals surface area contributed by atoms with Crippen molar-refractivity contribution in [1.29, 1.82) is 0 Å². The van der Waals surface area contributed by atoms with Crippen molar-refractivity contribution in [2.24, 2.45) is 4.99 Å². The summed E-state index contributed by atoms with van der Waals surface area (Å²) in [7, 11) is 1.36. The quantitative estimate of drug-likeness (QED) is 0.357. The number of nitrogens with zero attached hydrogens (tertiary/aromatic N) is 4. The molecule has 2 heterocycles. The Morgan fingerprint density at radius 2 is 1.86 bits per heavy atom. The Kier molecular flexibility index (Phi) is 6.84. The molecule has 1 aliphatic rings. The number of carboxylic acid groups (broad SMARTS) is 1. The zero-order valence-corrected chi connectivity index (χ0v) is 20.0. The number of benzene rings is 2. The van der Waals surface area contributed by atoms with Gasteiger partial charge in [-0.3, -0.25) is 14.7 Å². The third kappa shape index (κ3) is 4.95. The number of hydrogen-bond acceptors (Lipinski definition) is 4. The van der Waals surface area contributed by atoms with Gasteiger partial charge in [0.2, 0.25) is 0 Å². The summed E-state index contributed by atoms with van der Waals surface area (Å²) >= 11 is 0. The summed E-state index contributed by atoms with van der Waals surface area (Å²) in [6.07, 6.45) is -3.47. The lowest BCUT2D eigenvalue weighted by Gasteiger charge is -2.30. The highest BCUT2D eigenvalue weighted by atomic mass is 19.4. The average Bonchev–Trinajstić information content (AvgIpc) is 3.22. The first kappa shape index (κ1) is 25.6. The summed E-state index contributed by atoms with van der Waals surface area (Å²) in [5, 5.41) is 9.27. The highest BCUT2D eigenvalue weighted by Crippen LogP contribution is 2.32. The fourth-order valence-electron chi connectivity index (χ4n) is 4.14. The fraction of sp³-hybridized carbons (Fsp3) is 0.185. The number of carbonyl (C=O) groups excluding carboxylic acids is 1. The summed E-state index contributed by atoms with van der Waals surface area (Å²) in [6, 6.07) is 14.6. The van der Waals surface area contributed by atoms with E-state index < -0.39 is 18.2 Å². The van der Waals surface area contributed by atoms with Gasteiger partial charge in [0.1, 0.15) is 17.6 Å². The van der Waals surface area contributed by atoms with Gasteiger partial charge in [0.25, 0.3) is 5.91 Å². The molecule has 1 atom stereocenters. The molecule has 0 spiro atoms. The second-order valence-corrected chi connectivity index (χ2v) is 8.38. The lowest BCUT2D eigenvalue weighted by Crippen LogP contribution is -2.44. The number of aromatic carboxylic acids is 1. The van der Waals surface area contributed by atoms with Crippen LogP contribution in [0, 0.1) is 0 Å². The maximum atomic E-state index is 13.4. The summed E-state index contributed by atoms with van der Waals surface area (Å²) in [5.41, 5.74) is 2.81. The molecule has 0 aliphatic carbocycles. The first-order valence-corrected chi connectivity index (χ1v) is 11.3. The summed E-state index contributed by atoms with van der Waals surface area (Å²) in [4.78, 5) is 35.5. The lowest BCUT2D eigenvalue weighted by molar-refractivity contribution is -0.163. The maximum absolute atomic E-state index is 13.4. The Hall–Kier alpha value is -4.47. The molecule has 7 nitrogen and oxygen atoms in total. The second kappa shape index (κ2) is 9.88. The first-order valence-electron chi connectivity index (χ1n) is 11.3. The number of hydrogen-bond donors (Lipinski definition) is 1. The smallest absolute Gasteiger partial charge is 0.408 e. The Bertz CT molecular complexity index is 1420. The van der Waals surface area contributed by atoms with Crippen molar-refractivity contribution in [2.45, 2.75) is 25.7 Å². The summed E-state index contributed by atoms with van der Waals surface area (Å²) in [6.45, 7) is 4.72. The monoisotopic (exact) mass is 508 g/mol. The zero-order valence-electron chi connectivity index (χ0n) is 20.0. The van der Waals surface area contributed by atoms with E-state index in [1.165, 1.54) is 30.1 Å². The molecule has 190 valence electrons. The highest BCUT2D eigenvalue weighted by molar-refractivity contribution is 6.10. The van der Waals surface area contributed by atoms with Crippen molar-refractivity contribution < 1.29 is 27.9 Å². The van der Waals surface area contributed by atoms with E-state index in [0.717, 1.165) is 23.6 Å². The van der Waals surface area contributed by atoms with Crippen molar-refractivity contribution in [3.05, 3.63) is 95.8 Å². The van der Waals surface area contributed by atoms with E-state index in [2.05, 4.69) is 16.6 Å². The van der Waals surface area contributed by atoms with E-state index in [-0.39, 0.29) is 35.4 Å². The van der Waals surface area contributed by atoms with Crippen LogP contribution in [-0.4, -0.2) is 52.0 Å². The molecule has 4 rings (SSSR count). The van der Waals surface area contributed by atoms with Gasteiger partial charge in [-0.15, -0.1) is 0 Å². The predicted octanol–water partition coefficient (Wildman–Crippen LogP) is 5.38. The number of halogens is 3. The molecule has 1 unspecified atom stereocenters. The molecule has 3 aromatic rings. The van der Waals surface area contributed by atoms with Gasteiger partial charge in [0.05, 0.1) is 12.1 Å². The van der Waals surface area contributed by atoms with Crippen molar-refractivity contribution in [3.63, 3.8) is 0 Å². The van der Waals surface area contributed by atoms with Gasteiger partial charge < -0.3 is 10.0 Å². The minimum Gasteiger partial charge on any atom is -0.478 e. The molecule has 1 aromatic heterocycles. The second-order valence-electron chi connectivity index (χ2n) is 8.38. The minimum atomic E-state index is -4.52. The molecular weight excluding hydrogens is 485 g/mol. The molecule has 10 heteroatoms.